The molecule has 2 saturated heterocycles. The van der Waals surface area contributed by atoms with Gasteiger partial charge in [-0.25, -0.2) is 0 Å². The van der Waals surface area contributed by atoms with E-state index in [1.807, 2.05) is 0 Å². The zero-order valence-electron chi connectivity index (χ0n) is 11.5. The number of hydrogen-bond acceptors (Lipinski definition) is 2. The molecular formula is C15H17F3N2O. The maximum absolute atomic E-state index is 12.6. The summed E-state index contributed by atoms with van der Waals surface area (Å²) in [6, 6.07) is 5.21. The van der Waals surface area contributed by atoms with Gasteiger partial charge in [0.1, 0.15) is 0 Å². The molecule has 2 N–H and O–H groups in total. The molecule has 0 radical (unpaired) electrons. The van der Waals surface area contributed by atoms with Crippen LogP contribution in [0.15, 0.2) is 24.3 Å². The van der Waals surface area contributed by atoms with Gasteiger partial charge in [-0.1, -0.05) is 12.1 Å². The molecule has 1 spiro atoms. The minimum atomic E-state index is -4.33. The van der Waals surface area contributed by atoms with Crippen molar-refractivity contribution in [2.45, 2.75) is 24.9 Å². The van der Waals surface area contributed by atoms with Crippen LogP contribution in [0.1, 0.15) is 29.9 Å². The summed E-state index contributed by atoms with van der Waals surface area (Å²) < 4.78 is 37.9. The summed E-state index contributed by atoms with van der Waals surface area (Å²) >= 11 is 0. The Morgan fingerprint density at radius 1 is 1.19 bits per heavy atom. The highest BCUT2D eigenvalue weighted by molar-refractivity contribution is 5.87. The minimum Gasteiger partial charge on any atom is -0.355 e. The lowest BCUT2D eigenvalue weighted by Crippen LogP contribution is -2.47. The van der Waals surface area contributed by atoms with Gasteiger partial charge < -0.3 is 10.6 Å². The zero-order valence-corrected chi connectivity index (χ0v) is 11.5. The Balaban J connectivity index is 1.90. The number of halogens is 3. The lowest BCUT2D eigenvalue weighted by atomic mass is 9.69. The van der Waals surface area contributed by atoms with E-state index in [2.05, 4.69) is 10.6 Å². The minimum absolute atomic E-state index is 0.0135. The second-order valence-electron chi connectivity index (χ2n) is 5.82. The van der Waals surface area contributed by atoms with Crippen molar-refractivity contribution in [3.8, 4) is 0 Å². The van der Waals surface area contributed by atoms with Crippen LogP contribution in [0.5, 0.6) is 0 Å². The Hall–Kier alpha value is -1.56. The van der Waals surface area contributed by atoms with Crippen LogP contribution in [-0.2, 0) is 11.0 Å². The Bertz CT molecular complexity index is 533. The number of piperidine rings is 1. The van der Waals surface area contributed by atoms with Crippen LogP contribution in [0.25, 0.3) is 0 Å². The fourth-order valence-corrected chi connectivity index (χ4v) is 3.49. The molecule has 0 aromatic heterocycles. The first-order valence-electron chi connectivity index (χ1n) is 7.10. The summed E-state index contributed by atoms with van der Waals surface area (Å²) in [5, 5.41) is 6.11. The van der Waals surface area contributed by atoms with Crippen molar-refractivity contribution in [1.29, 1.82) is 0 Å². The van der Waals surface area contributed by atoms with E-state index in [1.54, 1.807) is 0 Å². The summed E-state index contributed by atoms with van der Waals surface area (Å²) in [5.74, 6) is -0.0559. The SMILES string of the molecule is O=C1NCC(c2ccc(C(F)(F)F)cc2)C12CCCNC2. The van der Waals surface area contributed by atoms with E-state index in [4.69, 9.17) is 0 Å². The van der Waals surface area contributed by atoms with Crippen molar-refractivity contribution in [2.24, 2.45) is 5.41 Å². The van der Waals surface area contributed by atoms with Crippen LogP contribution >= 0.6 is 0 Å². The van der Waals surface area contributed by atoms with Crippen molar-refractivity contribution in [3.05, 3.63) is 35.4 Å². The zero-order chi connectivity index (χ0) is 15.1. The number of nitrogens with one attached hydrogen (secondary N) is 2. The molecule has 1 amide bonds. The summed E-state index contributed by atoms with van der Waals surface area (Å²) in [4.78, 5) is 12.2. The first-order valence-corrected chi connectivity index (χ1v) is 7.10. The van der Waals surface area contributed by atoms with Crippen LogP contribution in [-0.4, -0.2) is 25.5 Å². The number of amides is 1. The van der Waals surface area contributed by atoms with Gasteiger partial charge >= 0.3 is 6.18 Å². The number of hydrogen-bond donors (Lipinski definition) is 2. The maximum Gasteiger partial charge on any atom is 0.416 e. The molecule has 6 heteroatoms. The van der Waals surface area contributed by atoms with Gasteiger partial charge in [-0.05, 0) is 37.1 Å². The number of alkyl halides is 3. The van der Waals surface area contributed by atoms with E-state index in [0.29, 0.717) is 13.1 Å². The molecule has 1 aromatic carbocycles. The molecule has 2 aliphatic heterocycles. The van der Waals surface area contributed by atoms with Gasteiger partial charge in [0.15, 0.2) is 0 Å². The van der Waals surface area contributed by atoms with E-state index in [-0.39, 0.29) is 11.8 Å². The number of carbonyl (C=O) groups excluding carboxylic acids is 1. The highest BCUT2D eigenvalue weighted by atomic mass is 19.4. The van der Waals surface area contributed by atoms with Gasteiger partial charge in [-0.3, -0.25) is 4.79 Å². The second-order valence-corrected chi connectivity index (χ2v) is 5.82. The average molecular weight is 298 g/mol. The van der Waals surface area contributed by atoms with Crippen LogP contribution in [0.4, 0.5) is 13.2 Å². The molecule has 2 atom stereocenters. The predicted octanol–water partition coefficient (Wildman–Crippen LogP) is 2.29. The molecule has 0 saturated carbocycles. The van der Waals surface area contributed by atoms with E-state index in [0.717, 1.165) is 37.1 Å². The van der Waals surface area contributed by atoms with Crippen molar-refractivity contribution < 1.29 is 18.0 Å². The smallest absolute Gasteiger partial charge is 0.355 e. The molecular weight excluding hydrogens is 281 g/mol. The van der Waals surface area contributed by atoms with Crippen LogP contribution < -0.4 is 10.6 Å². The summed E-state index contributed by atoms with van der Waals surface area (Å²) in [6.45, 7) is 1.96. The molecule has 2 heterocycles. The Kier molecular flexibility index (Phi) is 3.43. The Morgan fingerprint density at radius 2 is 1.90 bits per heavy atom. The molecule has 2 unspecified atom stereocenters. The summed E-state index contributed by atoms with van der Waals surface area (Å²) in [6.07, 6.45) is -2.64. The molecule has 21 heavy (non-hydrogen) atoms. The normalized spacial score (nSPS) is 29.7. The first kappa shape index (κ1) is 14.4. The fraction of sp³-hybridized carbons (Fsp3) is 0.533. The second kappa shape index (κ2) is 5.02. The number of rotatable bonds is 1. The number of benzene rings is 1. The van der Waals surface area contributed by atoms with E-state index in [1.165, 1.54) is 12.1 Å². The van der Waals surface area contributed by atoms with Crippen molar-refractivity contribution in [1.82, 2.24) is 10.6 Å². The van der Waals surface area contributed by atoms with Gasteiger partial charge in [0, 0.05) is 19.0 Å². The highest BCUT2D eigenvalue weighted by Crippen LogP contribution is 2.45. The van der Waals surface area contributed by atoms with E-state index >= 15 is 0 Å². The highest BCUT2D eigenvalue weighted by Gasteiger charge is 2.51. The molecule has 2 aliphatic rings. The molecule has 114 valence electrons. The number of carbonyl (C=O) groups is 1. The first-order chi connectivity index (χ1) is 9.93. The van der Waals surface area contributed by atoms with E-state index < -0.39 is 17.2 Å². The Morgan fingerprint density at radius 3 is 2.48 bits per heavy atom. The lowest BCUT2D eigenvalue weighted by molar-refractivity contribution is -0.137. The molecule has 3 nitrogen and oxygen atoms in total. The lowest BCUT2D eigenvalue weighted by Gasteiger charge is -2.36. The van der Waals surface area contributed by atoms with Crippen LogP contribution in [0.2, 0.25) is 0 Å². The van der Waals surface area contributed by atoms with Gasteiger partial charge in [0.05, 0.1) is 11.0 Å². The molecule has 0 bridgehead atoms. The average Bonchev–Trinajstić information content (AvgIpc) is 2.76. The molecule has 1 aromatic rings. The van der Waals surface area contributed by atoms with Gasteiger partial charge in [0.25, 0.3) is 0 Å². The summed E-state index contributed by atoms with van der Waals surface area (Å²) in [7, 11) is 0. The third kappa shape index (κ3) is 2.41. The molecule has 0 aliphatic carbocycles. The largest absolute Gasteiger partial charge is 0.416 e. The van der Waals surface area contributed by atoms with Crippen molar-refractivity contribution in [2.75, 3.05) is 19.6 Å². The quantitative estimate of drug-likeness (QED) is 0.835. The topological polar surface area (TPSA) is 41.1 Å². The third-order valence-corrected chi connectivity index (χ3v) is 4.64. The molecule has 3 rings (SSSR count). The fourth-order valence-electron chi connectivity index (χ4n) is 3.49. The van der Waals surface area contributed by atoms with Crippen LogP contribution in [0.3, 0.4) is 0 Å². The van der Waals surface area contributed by atoms with Crippen molar-refractivity contribution >= 4 is 5.91 Å². The van der Waals surface area contributed by atoms with Crippen LogP contribution in [0, 0.1) is 5.41 Å². The van der Waals surface area contributed by atoms with Gasteiger partial charge in [0.2, 0.25) is 5.91 Å². The standard InChI is InChI=1S/C15H17F3N2O/c16-15(17,18)11-4-2-10(3-5-11)12-8-20-13(21)14(12)6-1-7-19-9-14/h2-5,12,19H,1,6-9H2,(H,20,21). The maximum atomic E-state index is 12.6. The monoisotopic (exact) mass is 298 g/mol. The van der Waals surface area contributed by atoms with Gasteiger partial charge in [-0.15, -0.1) is 0 Å². The van der Waals surface area contributed by atoms with Gasteiger partial charge in [-0.2, -0.15) is 13.2 Å². The third-order valence-electron chi connectivity index (χ3n) is 4.64. The predicted molar refractivity (Wildman–Crippen MR) is 71.7 cm³/mol. The Labute approximate surface area is 120 Å². The van der Waals surface area contributed by atoms with Crippen molar-refractivity contribution in [3.63, 3.8) is 0 Å². The molecule has 2 fully saturated rings. The summed E-state index contributed by atoms with van der Waals surface area (Å²) in [5.41, 5.74) is -0.373. The van der Waals surface area contributed by atoms with E-state index in [9.17, 15) is 18.0 Å².